The molecule has 3 rings (SSSR count). The monoisotopic (exact) mass is 316 g/mol. The Balaban J connectivity index is 2.11. The fraction of sp³-hybridized carbons (Fsp3) is 0.545. The molecule has 0 aromatic carbocycles. The lowest BCUT2D eigenvalue weighted by molar-refractivity contribution is -0.0171. The molecule has 3 heterocycles. The Morgan fingerprint density at radius 1 is 1.50 bits per heavy atom. The molecule has 2 unspecified atom stereocenters. The van der Waals surface area contributed by atoms with E-state index in [0.29, 0.717) is 18.1 Å². The Bertz CT molecular complexity index is 736. The molecular weight excluding hydrogens is 300 g/mol. The van der Waals surface area contributed by atoms with Gasteiger partial charge in [-0.2, -0.15) is 4.31 Å². The van der Waals surface area contributed by atoms with Crippen LogP contribution in [0.4, 0.5) is 5.82 Å². The zero-order chi connectivity index (χ0) is 14.5. The van der Waals surface area contributed by atoms with Crippen molar-refractivity contribution in [2.45, 2.75) is 31.0 Å². The van der Waals surface area contributed by atoms with Gasteiger partial charge in [-0.25, -0.2) is 13.4 Å². The molecule has 9 heteroatoms. The molecule has 1 fully saturated rings. The average molecular weight is 316 g/mol. The average Bonchev–Trinajstić information content (AvgIpc) is 2.91. The van der Waals surface area contributed by atoms with Gasteiger partial charge in [0.1, 0.15) is 0 Å². The van der Waals surface area contributed by atoms with Gasteiger partial charge >= 0.3 is 0 Å². The maximum atomic E-state index is 12.9. The van der Waals surface area contributed by atoms with Crippen LogP contribution in [0.1, 0.15) is 13.8 Å². The number of aromatic nitrogens is 2. The molecule has 2 N–H and O–H groups in total. The highest BCUT2D eigenvalue weighted by Gasteiger charge is 2.37. The van der Waals surface area contributed by atoms with E-state index >= 15 is 0 Å². The van der Waals surface area contributed by atoms with Crippen LogP contribution in [0.5, 0.6) is 0 Å². The van der Waals surface area contributed by atoms with Crippen molar-refractivity contribution in [2.24, 2.45) is 0 Å². The lowest BCUT2D eigenvalue weighted by atomic mass is 10.2. The minimum Gasteiger partial charge on any atom is -0.381 e. The summed E-state index contributed by atoms with van der Waals surface area (Å²) in [6.07, 6.45) is 1.54. The van der Waals surface area contributed by atoms with Crippen LogP contribution in [-0.2, 0) is 14.8 Å². The van der Waals surface area contributed by atoms with Gasteiger partial charge in [0, 0.05) is 24.2 Å². The van der Waals surface area contributed by atoms with Crippen LogP contribution >= 0.6 is 11.3 Å². The summed E-state index contributed by atoms with van der Waals surface area (Å²) in [5.74, 6) is 0.0446. The molecule has 0 radical (unpaired) electrons. The van der Waals surface area contributed by atoms with Gasteiger partial charge in [0.25, 0.3) is 10.0 Å². The molecule has 110 valence electrons. The number of nitrogen functional groups attached to an aromatic ring is 1. The van der Waals surface area contributed by atoms with Crippen molar-refractivity contribution in [3.8, 4) is 0 Å². The smallest absolute Gasteiger partial charge is 0.263 e. The van der Waals surface area contributed by atoms with Crippen molar-refractivity contribution < 1.29 is 13.2 Å². The number of nitrogens with zero attached hydrogens (tertiary/aromatic N) is 3. The van der Waals surface area contributed by atoms with E-state index in [1.807, 2.05) is 13.8 Å². The van der Waals surface area contributed by atoms with Crippen LogP contribution in [0.15, 0.2) is 16.6 Å². The van der Waals surface area contributed by atoms with E-state index in [9.17, 15) is 8.42 Å². The minimum atomic E-state index is -3.69. The maximum Gasteiger partial charge on any atom is 0.263 e. The first kappa shape index (κ1) is 13.8. The first-order valence-electron chi connectivity index (χ1n) is 6.25. The van der Waals surface area contributed by atoms with Crippen molar-refractivity contribution in [1.82, 2.24) is 13.7 Å². The van der Waals surface area contributed by atoms with Gasteiger partial charge in [-0.05, 0) is 13.8 Å². The highest BCUT2D eigenvalue weighted by Crippen LogP contribution is 2.28. The highest BCUT2D eigenvalue weighted by atomic mass is 32.2. The normalized spacial score (nSPS) is 25.3. The number of morpholine rings is 1. The molecule has 2 aromatic rings. The van der Waals surface area contributed by atoms with Gasteiger partial charge in [-0.15, -0.1) is 11.3 Å². The quantitative estimate of drug-likeness (QED) is 0.884. The van der Waals surface area contributed by atoms with Crippen molar-refractivity contribution >= 4 is 32.1 Å². The summed E-state index contributed by atoms with van der Waals surface area (Å²) in [5, 5.41) is 1.83. The molecule has 0 aliphatic carbocycles. The summed E-state index contributed by atoms with van der Waals surface area (Å²) in [4.78, 5) is 4.68. The number of nitrogens with two attached hydrogens (primary N) is 1. The predicted molar refractivity (Wildman–Crippen MR) is 76.2 cm³/mol. The van der Waals surface area contributed by atoms with Crippen LogP contribution in [0.2, 0.25) is 0 Å². The molecule has 1 saturated heterocycles. The molecule has 0 amide bonds. The van der Waals surface area contributed by atoms with E-state index in [1.54, 1.807) is 11.6 Å². The SMILES string of the molecule is CC1CN(S(=O)(=O)c2c(N)nc3sccn23)C(C)CO1. The van der Waals surface area contributed by atoms with Gasteiger partial charge in [-0.1, -0.05) is 0 Å². The third-order valence-corrected chi connectivity index (χ3v) is 6.12. The van der Waals surface area contributed by atoms with Crippen LogP contribution < -0.4 is 5.73 Å². The number of hydrogen-bond acceptors (Lipinski definition) is 6. The number of hydrogen-bond donors (Lipinski definition) is 1. The topological polar surface area (TPSA) is 89.9 Å². The molecule has 1 aliphatic rings. The van der Waals surface area contributed by atoms with Gasteiger partial charge in [-0.3, -0.25) is 4.40 Å². The van der Waals surface area contributed by atoms with Crippen LogP contribution in [-0.4, -0.2) is 47.4 Å². The van der Waals surface area contributed by atoms with E-state index in [0.717, 1.165) is 0 Å². The number of fused-ring (bicyclic) bond motifs is 1. The van der Waals surface area contributed by atoms with Gasteiger partial charge < -0.3 is 10.5 Å². The molecule has 1 aliphatic heterocycles. The summed E-state index contributed by atoms with van der Waals surface area (Å²) >= 11 is 1.35. The second kappa shape index (κ2) is 4.69. The van der Waals surface area contributed by atoms with E-state index < -0.39 is 10.0 Å². The third kappa shape index (κ3) is 2.01. The summed E-state index contributed by atoms with van der Waals surface area (Å²) in [6.45, 7) is 4.38. The summed E-state index contributed by atoms with van der Waals surface area (Å²) in [7, 11) is -3.69. The van der Waals surface area contributed by atoms with E-state index in [2.05, 4.69) is 4.98 Å². The Labute approximate surface area is 121 Å². The van der Waals surface area contributed by atoms with E-state index in [1.165, 1.54) is 20.0 Å². The predicted octanol–water partition coefficient (Wildman–Crippen LogP) is 0.776. The molecule has 0 bridgehead atoms. The maximum absolute atomic E-state index is 12.9. The number of anilines is 1. The number of ether oxygens (including phenoxy) is 1. The molecule has 20 heavy (non-hydrogen) atoms. The van der Waals surface area contributed by atoms with Crippen molar-refractivity contribution in [3.05, 3.63) is 11.6 Å². The van der Waals surface area contributed by atoms with Crippen molar-refractivity contribution in [2.75, 3.05) is 18.9 Å². The lowest BCUT2D eigenvalue weighted by Crippen LogP contribution is -2.50. The van der Waals surface area contributed by atoms with Gasteiger partial charge in [0.15, 0.2) is 15.8 Å². The van der Waals surface area contributed by atoms with Crippen LogP contribution in [0, 0.1) is 0 Å². The first-order chi connectivity index (χ1) is 9.41. The van der Waals surface area contributed by atoms with E-state index in [4.69, 9.17) is 10.5 Å². The van der Waals surface area contributed by atoms with E-state index in [-0.39, 0.29) is 23.0 Å². The standard InChI is InChI=1S/C11H16N4O3S2/c1-7-6-18-8(2)5-15(7)20(16,17)10-9(12)13-11-14(10)3-4-19-11/h3-4,7-8H,5-6,12H2,1-2H3. The summed E-state index contributed by atoms with van der Waals surface area (Å²) < 4.78 is 34.2. The van der Waals surface area contributed by atoms with Gasteiger partial charge in [0.2, 0.25) is 0 Å². The Kier molecular flexibility index (Phi) is 3.24. The Morgan fingerprint density at radius 2 is 2.25 bits per heavy atom. The molecule has 7 nitrogen and oxygen atoms in total. The molecule has 0 spiro atoms. The van der Waals surface area contributed by atoms with Crippen molar-refractivity contribution in [3.63, 3.8) is 0 Å². The number of sulfonamides is 1. The summed E-state index contributed by atoms with van der Waals surface area (Å²) in [6, 6.07) is -0.222. The fourth-order valence-electron chi connectivity index (χ4n) is 2.36. The zero-order valence-corrected chi connectivity index (χ0v) is 12.8. The number of rotatable bonds is 2. The lowest BCUT2D eigenvalue weighted by Gasteiger charge is -2.35. The van der Waals surface area contributed by atoms with Crippen molar-refractivity contribution in [1.29, 1.82) is 0 Å². The number of imidazole rings is 1. The minimum absolute atomic E-state index is 0.0446. The molecule has 0 saturated carbocycles. The fourth-order valence-corrected chi connectivity index (χ4v) is 5.00. The van der Waals surface area contributed by atoms with Crippen LogP contribution in [0.25, 0.3) is 4.96 Å². The highest BCUT2D eigenvalue weighted by molar-refractivity contribution is 7.89. The molecular formula is C11H16N4O3S2. The largest absolute Gasteiger partial charge is 0.381 e. The Hall–Kier alpha value is -1.16. The Morgan fingerprint density at radius 3 is 3.00 bits per heavy atom. The zero-order valence-electron chi connectivity index (χ0n) is 11.2. The van der Waals surface area contributed by atoms with Gasteiger partial charge in [0.05, 0.1) is 12.7 Å². The third-order valence-electron chi connectivity index (χ3n) is 3.35. The number of thiazole rings is 1. The first-order valence-corrected chi connectivity index (χ1v) is 8.57. The van der Waals surface area contributed by atoms with Crippen LogP contribution in [0.3, 0.4) is 0 Å². The molecule has 2 atom stereocenters. The summed E-state index contributed by atoms with van der Waals surface area (Å²) in [5.41, 5.74) is 5.81. The second-order valence-electron chi connectivity index (χ2n) is 4.93. The second-order valence-corrected chi connectivity index (χ2v) is 7.60. The molecule has 2 aromatic heterocycles.